The summed E-state index contributed by atoms with van der Waals surface area (Å²) in [4.78, 5) is 4.66. The van der Waals surface area contributed by atoms with Crippen molar-refractivity contribution in [2.24, 2.45) is 10.9 Å². The van der Waals surface area contributed by atoms with Crippen molar-refractivity contribution in [3.63, 3.8) is 0 Å². The van der Waals surface area contributed by atoms with Crippen LogP contribution < -0.4 is 10.6 Å². The van der Waals surface area contributed by atoms with E-state index < -0.39 is 9.84 Å². The molecular formula is C18H30IN3O2S. The van der Waals surface area contributed by atoms with Crippen LogP contribution in [0.2, 0.25) is 0 Å². The second-order valence-corrected chi connectivity index (χ2v) is 8.78. The molecule has 0 saturated heterocycles. The summed E-state index contributed by atoms with van der Waals surface area (Å²) >= 11 is 0. The Balaban J connectivity index is 0.00000312. The Bertz CT molecular complexity index is 651. The monoisotopic (exact) mass is 479 g/mol. The SMILES string of the molecule is CN=C(NCCc1ccc(S(C)(=O)=O)cc1)NC1CCC(C)CC1.I. The fourth-order valence-electron chi connectivity index (χ4n) is 3.02. The van der Waals surface area contributed by atoms with Gasteiger partial charge in [0.15, 0.2) is 15.8 Å². The Morgan fingerprint density at radius 1 is 1.16 bits per heavy atom. The molecule has 1 aliphatic carbocycles. The van der Waals surface area contributed by atoms with Crippen LogP contribution in [0.1, 0.15) is 38.2 Å². The lowest BCUT2D eigenvalue weighted by molar-refractivity contribution is 0.329. The van der Waals surface area contributed by atoms with Crippen LogP contribution in [0.5, 0.6) is 0 Å². The zero-order valence-corrected chi connectivity index (χ0v) is 18.4. The molecule has 0 aliphatic heterocycles. The normalized spacial score (nSPS) is 21.3. The number of hydrogen-bond acceptors (Lipinski definition) is 3. The second-order valence-electron chi connectivity index (χ2n) is 6.77. The van der Waals surface area contributed by atoms with Crippen LogP contribution in [0, 0.1) is 5.92 Å². The number of aliphatic imine (C=N–C) groups is 1. The van der Waals surface area contributed by atoms with Crippen molar-refractivity contribution in [1.82, 2.24) is 10.6 Å². The van der Waals surface area contributed by atoms with Gasteiger partial charge in [-0.3, -0.25) is 4.99 Å². The number of nitrogens with zero attached hydrogens (tertiary/aromatic N) is 1. The molecule has 0 unspecified atom stereocenters. The Morgan fingerprint density at radius 3 is 2.28 bits per heavy atom. The van der Waals surface area contributed by atoms with E-state index in [4.69, 9.17) is 0 Å². The highest BCUT2D eigenvalue weighted by molar-refractivity contribution is 14.0. The Kier molecular flexibility index (Phi) is 9.20. The average Bonchev–Trinajstić information content (AvgIpc) is 2.55. The van der Waals surface area contributed by atoms with Gasteiger partial charge in [-0.05, 0) is 55.7 Å². The van der Waals surface area contributed by atoms with E-state index in [9.17, 15) is 8.42 Å². The summed E-state index contributed by atoms with van der Waals surface area (Å²) in [6.07, 6.45) is 7.02. The number of hydrogen-bond donors (Lipinski definition) is 2. The van der Waals surface area contributed by atoms with Crippen LogP contribution in [-0.4, -0.2) is 40.3 Å². The van der Waals surface area contributed by atoms with Gasteiger partial charge in [-0.25, -0.2) is 8.42 Å². The maximum Gasteiger partial charge on any atom is 0.191 e. The summed E-state index contributed by atoms with van der Waals surface area (Å²) < 4.78 is 22.9. The molecule has 1 saturated carbocycles. The molecule has 25 heavy (non-hydrogen) atoms. The molecule has 142 valence electrons. The number of rotatable bonds is 5. The van der Waals surface area contributed by atoms with Crippen molar-refractivity contribution in [1.29, 1.82) is 0 Å². The molecule has 1 fully saturated rings. The van der Waals surface area contributed by atoms with Gasteiger partial charge in [-0.2, -0.15) is 0 Å². The first-order valence-electron chi connectivity index (χ1n) is 8.64. The highest BCUT2D eigenvalue weighted by Crippen LogP contribution is 2.23. The molecule has 2 N–H and O–H groups in total. The van der Waals surface area contributed by atoms with Gasteiger partial charge >= 0.3 is 0 Å². The van der Waals surface area contributed by atoms with Gasteiger partial charge in [-0.1, -0.05) is 19.1 Å². The lowest BCUT2D eigenvalue weighted by Gasteiger charge is -2.28. The summed E-state index contributed by atoms with van der Waals surface area (Å²) in [6.45, 7) is 3.08. The topological polar surface area (TPSA) is 70.6 Å². The molecule has 2 rings (SSSR count). The zero-order valence-electron chi connectivity index (χ0n) is 15.3. The number of nitrogens with one attached hydrogen (secondary N) is 2. The Labute approximate surface area is 169 Å². The lowest BCUT2D eigenvalue weighted by Crippen LogP contribution is -2.45. The first kappa shape index (κ1) is 22.2. The van der Waals surface area contributed by atoms with Crippen LogP contribution in [0.3, 0.4) is 0 Å². The number of halogens is 1. The van der Waals surface area contributed by atoms with E-state index in [1.165, 1.54) is 31.9 Å². The van der Waals surface area contributed by atoms with E-state index in [-0.39, 0.29) is 24.0 Å². The third-order valence-electron chi connectivity index (χ3n) is 4.64. The molecule has 0 atom stereocenters. The molecule has 0 spiro atoms. The molecule has 1 aromatic carbocycles. The molecule has 1 aliphatic rings. The maximum absolute atomic E-state index is 11.5. The van der Waals surface area contributed by atoms with E-state index in [0.29, 0.717) is 10.9 Å². The molecule has 0 radical (unpaired) electrons. The number of benzene rings is 1. The molecule has 1 aromatic rings. The minimum absolute atomic E-state index is 0. The molecule has 0 heterocycles. The first-order chi connectivity index (χ1) is 11.4. The van der Waals surface area contributed by atoms with E-state index in [0.717, 1.165) is 30.4 Å². The van der Waals surface area contributed by atoms with Crippen LogP contribution in [0.25, 0.3) is 0 Å². The zero-order chi connectivity index (χ0) is 17.6. The quantitative estimate of drug-likeness (QED) is 0.387. The summed E-state index contributed by atoms with van der Waals surface area (Å²) in [6, 6.07) is 7.59. The Morgan fingerprint density at radius 2 is 1.76 bits per heavy atom. The maximum atomic E-state index is 11.5. The second kappa shape index (κ2) is 10.4. The van der Waals surface area contributed by atoms with E-state index in [1.807, 2.05) is 12.1 Å². The van der Waals surface area contributed by atoms with Crippen molar-refractivity contribution in [2.45, 2.75) is 50.0 Å². The van der Waals surface area contributed by atoms with Gasteiger partial charge in [0.05, 0.1) is 4.90 Å². The molecule has 0 bridgehead atoms. The van der Waals surface area contributed by atoms with Crippen LogP contribution in [0.4, 0.5) is 0 Å². The molecule has 0 amide bonds. The molecule has 5 nitrogen and oxygen atoms in total. The number of guanidine groups is 1. The van der Waals surface area contributed by atoms with Crippen molar-refractivity contribution in [3.8, 4) is 0 Å². The average molecular weight is 479 g/mol. The van der Waals surface area contributed by atoms with E-state index in [2.05, 4.69) is 22.5 Å². The van der Waals surface area contributed by atoms with Gasteiger partial charge in [0.25, 0.3) is 0 Å². The summed E-state index contributed by atoms with van der Waals surface area (Å²) in [5.74, 6) is 1.69. The van der Waals surface area contributed by atoms with Crippen molar-refractivity contribution >= 4 is 39.8 Å². The van der Waals surface area contributed by atoms with Crippen molar-refractivity contribution in [3.05, 3.63) is 29.8 Å². The van der Waals surface area contributed by atoms with Crippen molar-refractivity contribution < 1.29 is 8.42 Å². The van der Waals surface area contributed by atoms with Gasteiger partial charge in [-0.15, -0.1) is 24.0 Å². The minimum atomic E-state index is -3.12. The third kappa shape index (κ3) is 7.52. The number of sulfone groups is 1. The van der Waals surface area contributed by atoms with Gasteiger partial charge in [0.1, 0.15) is 0 Å². The van der Waals surface area contributed by atoms with Gasteiger partial charge in [0.2, 0.25) is 0 Å². The molecular weight excluding hydrogens is 449 g/mol. The smallest absolute Gasteiger partial charge is 0.191 e. The van der Waals surface area contributed by atoms with Crippen LogP contribution in [-0.2, 0) is 16.3 Å². The molecule has 7 heteroatoms. The minimum Gasteiger partial charge on any atom is -0.356 e. The predicted molar refractivity (Wildman–Crippen MR) is 115 cm³/mol. The van der Waals surface area contributed by atoms with Crippen molar-refractivity contribution in [2.75, 3.05) is 19.8 Å². The Hall–Kier alpha value is -0.830. The third-order valence-corrected chi connectivity index (χ3v) is 5.77. The van der Waals surface area contributed by atoms with E-state index in [1.54, 1.807) is 19.2 Å². The summed E-state index contributed by atoms with van der Waals surface area (Å²) in [5.41, 5.74) is 1.11. The fraction of sp³-hybridized carbons (Fsp3) is 0.611. The molecule has 0 aromatic heterocycles. The lowest BCUT2D eigenvalue weighted by atomic mass is 9.87. The largest absolute Gasteiger partial charge is 0.356 e. The van der Waals surface area contributed by atoms with Crippen LogP contribution in [0.15, 0.2) is 34.2 Å². The van der Waals surface area contributed by atoms with Crippen LogP contribution >= 0.6 is 24.0 Å². The highest BCUT2D eigenvalue weighted by atomic mass is 127. The standard InChI is InChI=1S/C18H29N3O2S.HI/c1-14-4-8-16(9-5-14)21-18(19-2)20-13-12-15-6-10-17(11-7-15)24(3,22)23;/h6-7,10-11,14,16H,4-5,8-9,12-13H2,1-3H3,(H2,19,20,21);1H. The van der Waals surface area contributed by atoms with Gasteiger partial charge in [0, 0.05) is 25.9 Å². The highest BCUT2D eigenvalue weighted by Gasteiger charge is 2.18. The predicted octanol–water partition coefficient (Wildman–Crippen LogP) is 2.99. The van der Waals surface area contributed by atoms with Gasteiger partial charge < -0.3 is 10.6 Å². The summed E-state index contributed by atoms with van der Waals surface area (Å²) in [5, 5.41) is 6.84. The first-order valence-corrected chi connectivity index (χ1v) is 10.5. The summed E-state index contributed by atoms with van der Waals surface area (Å²) in [7, 11) is -1.33. The fourth-order valence-corrected chi connectivity index (χ4v) is 3.65. The van der Waals surface area contributed by atoms with E-state index >= 15 is 0 Å².